The molecule has 1 aliphatic heterocycles. The molecule has 280 valence electrons. The molecule has 0 radical (unpaired) electrons. The van der Waals surface area contributed by atoms with Crippen LogP contribution in [0.2, 0.25) is 0 Å². The number of thiazole rings is 1. The van der Waals surface area contributed by atoms with Crippen molar-refractivity contribution in [1.82, 2.24) is 24.4 Å². The summed E-state index contributed by atoms with van der Waals surface area (Å²) in [4.78, 5) is 58.7. The lowest BCUT2D eigenvalue weighted by Crippen LogP contribution is -2.57. The van der Waals surface area contributed by atoms with Gasteiger partial charge in [-0.05, 0) is 41.5 Å². The summed E-state index contributed by atoms with van der Waals surface area (Å²) >= 11 is 1.15. The second-order valence-corrected chi connectivity index (χ2v) is 16.1. The van der Waals surface area contributed by atoms with Crippen LogP contribution in [0.4, 0.5) is 9.93 Å². The van der Waals surface area contributed by atoms with E-state index in [1.807, 2.05) is 44.2 Å². The first kappa shape index (κ1) is 40.1. The van der Waals surface area contributed by atoms with Crippen LogP contribution in [0.15, 0.2) is 70.0 Å². The third-order valence-corrected chi connectivity index (χ3v) is 10.9. The van der Waals surface area contributed by atoms with E-state index in [2.05, 4.69) is 20.8 Å². The van der Waals surface area contributed by atoms with Gasteiger partial charge in [0.15, 0.2) is 5.13 Å². The van der Waals surface area contributed by atoms with E-state index in [-0.39, 0.29) is 49.3 Å². The number of oxime groups is 1. The van der Waals surface area contributed by atoms with E-state index in [4.69, 9.17) is 5.21 Å². The van der Waals surface area contributed by atoms with Gasteiger partial charge in [0, 0.05) is 25.4 Å². The van der Waals surface area contributed by atoms with E-state index in [0.717, 1.165) is 21.8 Å². The van der Waals surface area contributed by atoms with Crippen LogP contribution in [0.1, 0.15) is 51.4 Å². The molecule has 5 amide bonds. The Morgan fingerprint density at radius 2 is 1.73 bits per heavy atom. The second-order valence-electron chi connectivity index (χ2n) is 13.3. The quantitative estimate of drug-likeness (QED) is 0.0691. The Bertz CT molecular complexity index is 1850. The van der Waals surface area contributed by atoms with Crippen molar-refractivity contribution in [3.63, 3.8) is 0 Å². The minimum atomic E-state index is -4.12. The Morgan fingerprint density at radius 3 is 2.33 bits per heavy atom. The Hall–Kier alpha value is -4.71. The molecule has 3 atom stereocenters. The number of benzene rings is 2. The van der Waals surface area contributed by atoms with Crippen LogP contribution in [-0.4, -0.2) is 106 Å². The lowest BCUT2D eigenvalue weighted by Gasteiger charge is -2.34. The van der Waals surface area contributed by atoms with E-state index < -0.39 is 52.0 Å². The number of sulfonamides is 1. The molecule has 2 aromatic carbocycles. The van der Waals surface area contributed by atoms with Crippen molar-refractivity contribution >= 4 is 56.5 Å². The van der Waals surface area contributed by atoms with Gasteiger partial charge in [0.1, 0.15) is 12.6 Å². The standard InChI is InChI=1S/C35H45N7O8S2/c1-22(2)17-40(52(49,50)28-13-11-26(12-14-28)16-36-48)19-30(44)29(15-25-9-7-6-8-10-25)39-33(46)32(23(3)4)42-20-31(45)41(35(42)47)18-27-21-51-34(38-27)37-24(5)43/h6-14,16,21-23,29-30,32,44,48H,15,17-20H2,1-5H3,(H,39,46)(H,37,38,43)/t29-,30+,32-/m0/s1. The van der Waals surface area contributed by atoms with Crippen molar-refractivity contribution in [2.45, 2.75) is 70.7 Å². The lowest BCUT2D eigenvalue weighted by atomic mass is 9.97. The zero-order valence-corrected chi connectivity index (χ0v) is 31.3. The number of aliphatic hydroxyl groups excluding tert-OH is 1. The first-order valence-corrected chi connectivity index (χ1v) is 19.1. The molecular formula is C35H45N7O8S2. The molecule has 1 fully saturated rings. The fourth-order valence-electron chi connectivity index (χ4n) is 5.86. The maximum atomic E-state index is 14.1. The summed E-state index contributed by atoms with van der Waals surface area (Å²) in [6.07, 6.45) is -0.0773. The summed E-state index contributed by atoms with van der Waals surface area (Å²) in [5.41, 5.74) is 1.65. The van der Waals surface area contributed by atoms with Crippen LogP contribution in [0.25, 0.3) is 0 Å². The van der Waals surface area contributed by atoms with Crippen LogP contribution < -0.4 is 10.6 Å². The molecule has 52 heavy (non-hydrogen) atoms. The maximum absolute atomic E-state index is 14.1. The molecule has 15 nitrogen and oxygen atoms in total. The zero-order chi connectivity index (χ0) is 38.2. The number of carbonyl (C=O) groups excluding carboxylic acids is 4. The highest BCUT2D eigenvalue weighted by Crippen LogP contribution is 2.25. The number of nitrogens with zero attached hydrogens (tertiary/aromatic N) is 5. The van der Waals surface area contributed by atoms with Gasteiger partial charge in [-0.2, -0.15) is 4.31 Å². The number of rotatable bonds is 17. The van der Waals surface area contributed by atoms with Gasteiger partial charge in [-0.3, -0.25) is 19.3 Å². The summed E-state index contributed by atoms with van der Waals surface area (Å²) < 4.78 is 28.9. The van der Waals surface area contributed by atoms with Crippen molar-refractivity contribution in [3.05, 3.63) is 76.8 Å². The van der Waals surface area contributed by atoms with Gasteiger partial charge in [0.05, 0.1) is 35.5 Å². The molecule has 3 aromatic rings. The number of nitrogens with one attached hydrogen (secondary N) is 2. The average Bonchev–Trinajstić information content (AvgIpc) is 3.63. The van der Waals surface area contributed by atoms with E-state index in [9.17, 15) is 32.7 Å². The number of anilines is 1. The third kappa shape index (κ3) is 10.2. The first-order chi connectivity index (χ1) is 24.6. The van der Waals surface area contributed by atoms with Gasteiger partial charge < -0.3 is 25.8 Å². The smallest absolute Gasteiger partial charge is 0.328 e. The molecule has 0 unspecified atom stereocenters. The normalized spacial score (nSPS) is 15.6. The number of aromatic nitrogens is 1. The number of aliphatic hydroxyl groups is 1. The van der Waals surface area contributed by atoms with E-state index >= 15 is 0 Å². The molecule has 17 heteroatoms. The highest BCUT2D eigenvalue weighted by molar-refractivity contribution is 7.89. The van der Waals surface area contributed by atoms with Crippen molar-refractivity contribution in [2.24, 2.45) is 17.0 Å². The van der Waals surface area contributed by atoms with Gasteiger partial charge in [0.2, 0.25) is 21.8 Å². The topological polar surface area (TPSA) is 202 Å². The summed E-state index contributed by atoms with van der Waals surface area (Å²) in [7, 11) is -4.12. The summed E-state index contributed by atoms with van der Waals surface area (Å²) in [5.74, 6) is -2.01. The van der Waals surface area contributed by atoms with E-state index in [1.165, 1.54) is 46.6 Å². The highest BCUT2D eigenvalue weighted by Gasteiger charge is 2.44. The molecule has 0 aliphatic carbocycles. The largest absolute Gasteiger partial charge is 0.411 e. The minimum absolute atomic E-state index is 0.0234. The number of hydrogen-bond donors (Lipinski definition) is 4. The molecule has 4 rings (SSSR count). The van der Waals surface area contributed by atoms with Crippen LogP contribution in [0, 0.1) is 11.8 Å². The molecular weight excluding hydrogens is 711 g/mol. The number of carbonyl (C=O) groups is 4. The molecule has 1 aliphatic rings. The Balaban J connectivity index is 1.58. The first-order valence-electron chi connectivity index (χ1n) is 16.7. The lowest BCUT2D eigenvalue weighted by molar-refractivity contribution is -0.129. The summed E-state index contributed by atoms with van der Waals surface area (Å²) in [6.45, 7) is 7.73. The van der Waals surface area contributed by atoms with E-state index in [1.54, 1.807) is 19.2 Å². The minimum Gasteiger partial charge on any atom is -0.411 e. The number of urea groups is 1. The van der Waals surface area contributed by atoms with Crippen molar-refractivity contribution in [1.29, 1.82) is 0 Å². The molecule has 0 spiro atoms. The van der Waals surface area contributed by atoms with Gasteiger partial charge in [-0.15, -0.1) is 11.3 Å². The molecule has 2 heterocycles. The maximum Gasteiger partial charge on any atom is 0.328 e. The van der Waals surface area contributed by atoms with Gasteiger partial charge in [0.25, 0.3) is 5.91 Å². The monoisotopic (exact) mass is 755 g/mol. The molecule has 0 saturated carbocycles. The van der Waals surface area contributed by atoms with Crippen molar-refractivity contribution in [3.8, 4) is 0 Å². The molecule has 0 bridgehead atoms. The summed E-state index contributed by atoms with van der Waals surface area (Å²) in [5, 5.41) is 30.9. The number of amides is 5. The predicted octanol–water partition coefficient (Wildman–Crippen LogP) is 3.13. The zero-order valence-electron chi connectivity index (χ0n) is 29.7. The highest BCUT2D eigenvalue weighted by atomic mass is 32.2. The van der Waals surface area contributed by atoms with Gasteiger partial charge in [-0.25, -0.2) is 18.2 Å². The number of hydrogen-bond acceptors (Lipinski definition) is 11. The van der Waals surface area contributed by atoms with Crippen LogP contribution in [0.5, 0.6) is 0 Å². The molecule has 1 saturated heterocycles. The number of imide groups is 1. The fraction of sp³-hybridized carbons (Fsp3) is 0.429. The molecule has 4 N–H and O–H groups in total. The molecule has 1 aromatic heterocycles. The fourth-order valence-corrected chi connectivity index (χ4v) is 8.23. The van der Waals surface area contributed by atoms with Crippen molar-refractivity contribution < 1.29 is 37.9 Å². The average molecular weight is 756 g/mol. The van der Waals surface area contributed by atoms with Crippen LogP contribution in [-0.2, 0) is 37.4 Å². The summed E-state index contributed by atoms with van der Waals surface area (Å²) in [6, 6.07) is 12.1. The van der Waals surface area contributed by atoms with Crippen LogP contribution in [0.3, 0.4) is 0 Å². The van der Waals surface area contributed by atoms with E-state index in [0.29, 0.717) is 16.4 Å². The van der Waals surface area contributed by atoms with Gasteiger partial charge >= 0.3 is 6.03 Å². The predicted molar refractivity (Wildman–Crippen MR) is 195 cm³/mol. The van der Waals surface area contributed by atoms with Crippen LogP contribution >= 0.6 is 11.3 Å². The Kier molecular flexibility index (Phi) is 13.6. The SMILES string of the molecule is CC(=O)Nc1nc(CN2C(=O)CN([C@H](C(=O)N[C@@H](Cc3ccccc3)[C@H](O)CN(CC(C)C)S(=O)(=O)c3ccc(C=NO)cc3)C(C)C)C2=O)cs1. The Morgan fingerprint density at radius 1 is 1.06 bits per heavy atom. The third-order valence-electron chi connectivity index (χ3n) is 8.25. The van der Waals surface area contributed by atoms with Crippen molar-refractivity contribution in [2.75, 3.05) is 25.0 Å². The Labute approximate surface area is 307 Å². The van der Waals surface area contributed by atoms with Gasteiger partial charge in [-0.1, -0.05) is 75.3 Å². The second kappa shape index (κ2) is 17.7.